The van der Waals surface area contributed by atoms with Gasteiger partial charge in [-0.1, -0.05) is 78.4 Å². The molecule has 0 saturated carbocycles. The Morgan fingerprint density at radius 2 is 1.38 bits per heavy atom. The summed E-state index contributed by atoms with van der Waals surface area (Å²) in [5, 5.41) is 3.04. The van der Waals surface area contributed by atoms with Crippen LogP contribution in [0.2, 0.25) is 0 Å². The summed E-state index contributed by atoms with van der Waals surface area (Å²) < 4.78 is 40.4. The Morgan fingerprint density at radius 1 is 0.787 bits per heavy atom. The molecule has 0 fully saturated rings. The van der Waals surface area contributed by atoms with Crippen molar-refractivity contribution in [3.8, 4) is 11.5 Å². The number of hydrogen-bond donors (Lipinski definition) is 1. The molecule has 1 atom stereocenters. The Kier molecular flexibility index (Phi) is 11.3. The maximum atomic E-state index is 14.6. The number of aryl methyl sites for hydroxylation is 1. The third kappa shape index (κ3) is 9.13. The zero-order valence-corrected chi connectivity index (χ0v) is 28.6. The van der Waals surface area contributed by atoms with Crippen LogP contribution in [0.15, 0.2) is 108 Å². The van der Waals surface area contributed by atoms with E-state index in [1.165, 1.54) is 37.3 Å². The van der Waals surface area contributed by atoms with Gasteiger partial charge in [-0.15, -0.1) is 0 Å². The molecule has 1 N–H and O–H groups in total. The van der Waals surface area contributed by atoms with Crippen molar-refractivity contribution in [2.45, 2.75) is 57.1 Å². The molecule has 0 saturated heterocycles. The van der Waals surface area contributed by atoms with E-state index in [4.69, 9.17) is 9.47 Å². The topological polar surface area (TPSA) is 105 Å². The average molecular weight is 658 g/mol. The highest BCUT2D eigenvalue weighted by molar-refractivity contribution is 7.92. The van der Waals surface area contributed by atoms with Crippen molar-refractivity contribution in [2.24, 2.45) is 0 Å². The fraction of sp³-hybridized carbons (Fsp3) is 0.297. The van der Waals surface area contributed by atoms with Gasteiger partial charge >= 0.3 is 0 Å². The molecule has 0 unspecified atom stereocenters. The van der Waals surface area contributed by atoms with Crippen molar-refractivity contribution in [1.82, 2.24) is 10.2 Å². The number of sulfonamides is 1. The Morgan fingerprint density at radius 3 is 1.96 bits per heavy atom. The monoisotopic (exact) mass is 657 g/mol. The second-order valence-electron chi connectivity index (χ2n) is 12.3. The summed E-state index contributed by atoms with van der Waals surface area (Å²) in [6, 6.07) is 28.9. The summed E-state index contributed by atoms with van der Waals surface area (Å²) in [4.78, 5) is 30.0. The summed E-state index contributed by atoms with van der Waals surface area (Å²) in [6.45, 7) is 7.14. The maximum Gasteiger partial charge on any atom is 0.264 e. The predicted octanol–water partition coefficient (Wildman–Crippen LogP) is 5.76. The zero-order valence-electron chi connectivity index (χ0n) is 27.8. The van der Waals surface area contributed by atoms with Crippen LogP contribution in [0.25, 0.3) is 0 Å². The molecule has 0 radical (unpaired) electrons. The maximum absolute atomic E-state index is 14.6. The Hall–Kier alpha value is -4.83. The van der Waals surface area contributed by atoms with Crippen LogP contribution in [0.5, 0.6) is 11.5 Å². The number of hydrogen-bond acceptors (Lipinski definition) is 6. The van der Waals surface area contributed by atoms with Gasteiger partial charge < -0.3 is 19.7 Å². The van der Waals surface area contributed by atoms with E-state index < -0.39 is 34.1 Å². The molecule has 0 aliphatic carbocycles. The van der Waals surface area contributed by atoms with Gasteiger partial charge in [0.15, 0.2) is 11.5 Å². The van der Waals surface area contributed by atoms with Crippen molar-refractivity contribution in [3.05, 3.63) is 120 Å². The minimum absolute atomic E-state index is 0.0804. The standard InChI is InChI=1S/C37H43N3O6S/c1-27-17-19-29(20-18-27)25-39(32(36(42)38-37(2,3)4)23-28-13-9-7-10-14-28)35(41)26-40(30-15-11-8-12-16-30)47(43,44)31-21-22-33(45-5)34(24-31)46-6/h7-22,24,32H,23,25-26H2,1-6H3,(H,38,42)/t32-/m1/s1. The smallest absolute Gasteiger partial charge is 0.264 e. The van der Waals surface area contributed by atoms with E-state index in [1.54, 1.807) is 30.3 Å². The number of nitrogens with one attached hydrogen (secondary N) is 1. The van der Waals surface area contributed by atoms with Crippen LogP contribution in [0, 0.1) is 6.92 Å². The van der Waals surface area contributed by atoms with E-state index in [2.05, 4.69) is 5.32 Å². The lowest BCUT2D eigenvalue weighted by Crippen LogP contribution is -2.56. The fourth-order valence-electron chi connectivity index (χ4n) is 5.12. The highest BCUT2D eigenvalue weighted by atomic mass is 32.2. The molecule has 4 aromatic rings. The van der Waals surface area contributed by atoms with Crippen molar-refractivity contribution in [1.29, 1.82) is 0 Å². The first kappa shape index (κ1) is 35.0. The number of methoxy groups -OCH3 is 2. The third-order valence-corrected chi connectivity index (χ3v) is 9.28. The lowest BCUT2D eigenvalue weighted by Gasteiger charge is -2.35. The van der Waals surface area contributed by atoms with Crippen LogP contribution in [0.4, 0.5) is 5.69 Å². The molecule has 0 bridgehead atoms. The summed E-state index contributed by atoms with van der Waals surface area (Å²) in [5.74, 6) is -0.276. The molecule has 4 aromatic carbocycles. The SMILES string of the molecule is COc1ccc(S(=O)(=O)N(CC(=O)N(Cc2ccc(C)cc2)[C@H](Cc2ccccc2)C(=O)NC(C)(C)C)c2ccccc2)cc1OC. The second kappa shape index (κ2) is 15.2. The van der Waals surface area contributed by atoms with Crippen LogP contribution in [0.3, 0.4) is 0 Å². The molecular formula is C37H43N3O6S. The Balaban J connectivity index is 1.82. The van der Waals surface area contributed by atoms with Crippen molar-refractivity contribution >= 4 is 27.5 Å². The molecule has 0 aliphatic heterocycles. The van der Waals surface area contributed by atoms with Crippen LogP contribution in [0.1, 0.15) is 37.5 Å². The van der Waals surface area contributed by atoms with Gasteiger partial charge in [0.25, 0.3) is 10.0 Å². The van der Waals surface area contributed by atoms with Gasteiger partial charge in [0.05, 0.1) is 24.8 Å². The van der Waals surface area contributed by atoms with Crippen molar-refractivity contribution < 1.29 is 27.5 Å². The molecule has 10 heteroatoms. The van der Waals surface area contributed by atoms with Gasteiger partial charge in [0.1, 0.15) is 12.6 Å². The number of carbonyl (C=O) groups excluding carboxylic acids is 2. The van der Waals surface area contributed by atoms with Gasteiger partial charge in [-0.2, -0.15) is 0 Å². The fourth-order valence-corrected chi connectivity index (χ4v) is 6.55. The summed E-state index contributed by atoms with van der Waals surface area (Å²) in [7, 11) is -1.42. The first-order chi connectivity index (χ1) is 22.3. The molecule has 2 amide bonds. The Bertz CT molecular complexity index is 1760. The molecule has 9 nitrogen and oxygen atoms in total. The molecule has 47 heavy (non-hydrogen) atoms. The summed E-state index contributed by atoms with van der Waals surface area (Å²) in [6.07, 6.45) is 0.230. The van der Waals surface area contributed by atoms with Gasteiger partial charge in [-0.25, -0.2) is 8.42 Å². The Labute approximate surface area is 278 Å². The number of anilines is 1. The lowest BCUT2D eigenvalue weighted by atomic mass is 10.0. The minimum Gasteiger partial charge on any atom is -0.493 e. The van der Waals surface area contributed by atoms with Gasteiger partial charge in [0.2, 0.25) is 11.8 Å². The largest absolute Gasteiger partial charge is 0.493 e. The van der Waals surface area contributed by atoms with Gasteiger partial charge in [-0.05, 0) is 63.1 Å². The molecule has 0 aromatic heterocycles. The predicted molar refractivity (Wildman–Crippen MR) is 184 cm³/mol. The van der Waals surface area contributed by atoms with Gasteiger partial charge in [0, 0.05) is 24.6 Å². The van der Waals surface area contributed by atoms with Crippen LogP contribution in [-0.4, -0.2) is 57.5 Å². The molecule has 0 aliphatic rings. The van der Waals surface area contributed by atoms with Crippen LogP contribution < -0.4 is 19.1 Å². The number of amides is 2. The second-order valence-corrected chi connectivity index (χ2v) is 14.2. The number of ether oxygens (including phenoxy) is 2. The highest BCUT2D eigenvalue weighted by Gasteiger charge is 2.36. The van der Waals surface area contributed by atoms with Crippen LogP contribution >= 0.6 is 0 Å². The number of nitrogens with zero attached hydrogens (tertiary/aromatic N) is 2. The van der Waals surface area contributed by atoms with E-state index >= 15 is 0 Å². The van der Waals surface area contributed by atoms with E-state index in [0.717, 1.165) is 21.0 Å². The first-order valence-electron chi connectivity index (χ1n) is 15.3. The van der Waals surface area contributed by atoms with E-state index in [1.807, 2.05) is 82.3 Å². The van der Waals surface area contributed by atoms with Gasteiger partial charge in [-0.3, -0.25) is 13.9 Å². The quantitative estimate of drug-likeness (QED) is 0.196. The number of rotatable bonds is 13. The number of benzene rings is 4. The zero-order chi connectivity index (χ0) is 34.2. The van der Waals surface area contributed by atoms with E-state index in [-0.39, 0.29) is 29.5 Å². The normalized spacial score (nSPS) is 12.1. The highest BCUT2D eigenvalue weighted by Crippen LogP contribution is 2.32. The van der Waals surface area contributed by atoms with Crippen LogP contribution in [-0.2, 0) is 32.6 Å². The average Bonchev–Trinajstić information content (AvgIpc) is 3.05. The van der Waals surface area contributed by atoms with Crippen molar-refractivity contribution in [2.75, 3.05) is 25.1 Å². The molecule has 248 valence electrons. The van der Waals surface area contributed by atoms with E-state index in [0.29, 0.717) is 11.4 Å². The number of carbonyl (C=O) groups is 2. The molecule has 0 spiro atoms. The molecule has 0 heterocycles. The summed E-state index contributed by atoms with van der Waals surface area (Å²) in [5.41, 5.74) is 2.44. The minimum atomic E-state index is -4.30. The molecule has 4 rings (SSSR count). The summed E-state index contributed by atoms with van der Waals surface area (Å²) >= 11 is 0. The number of para-hydroxylation sites is 1. The van der Waals surface area contributed by atoms with E-state index in [9.17, 15) is 18.0 Å². The first-order valence-corrected chi connectivity index (χ1v) is 16.8. The third-order valence-electron chi connectivity index (χ3n) is 7.51. The van der Waals surface area contributed by atoms with Crippen molar-refractivity contribution in [3.63, 3.8) is 0 Å². The lowest BCUT2D eigenvalue weighted by molar-refractivity contribution is -0.140. The molecular weight excluding hydrogens is 614 g/mol.